The van der Waals surface area contributed by atoms with Crippen LogP contribution in [0.2, 0.25) is 0 Å². The van der Waals surface area contributed by atoms with Crippen LogP contribution in [0.25, 0.3) is 0 Å². The lowest BCUT2D eigenvalue weighted by molar-refractivity contribution is 0.468. The minimum absolute atomic E-state index is 0. The third-order valence-electron chi connectivity index (χ3n) is 1.77. The zero-order valence-electron chi connectivity index (χ0n) is 7.33. The number of aryl methyl sites for hydroxylation is 2. The van der Waals surface area contributed by atoms with Crippen LogP contribution in [0.1, 0.15) is 23.1 Å². The summed E-state index contributed by atoms with van der Waals surface area (Å²) in [5, 5.41) is 0. The number of hydrogen-bond acceptors (Lipinski definition) is 2. The molecule has 0 aliphatic heterocycles. The van der Waals surface area contributed by atoms with Crippen molar-refractivity contribution in [1.82, 2.24) is 0 Å². The van der Waals surface area contributed by atoms with Gasteiger partial charge in [-0.05, 0) is 25.5 Å². The topological polar surface area (TPSA) is 39.2 Å². The third kappa shape index (κ3) is 2.13. The summed E-state index contributed by atoms with van der Waals surface area (Å²) < 4.78 is 5.37. The van der Waals surface area contributed by atoms with E-state index in [-0.39, 0.29) is 18.4 Å². The number of nitrogens with two attached hydrogens (primary N) is 1. The van der Waals surface area contributed by atoms with Crippen LogP contribution in [0, 0.1) is 13.8 Å². The first-order valence-electron chi connectivity index (χ1n) is 3.60. The Morgan fingerprint density at radius 1 is 1.58 bits per heavy atom. The fourth-order valence-corrected chi connectivity index (χ4v) is 0.882. The summed E-state index contributed by atoms with van der Waals surface area (Å²) in [6, 6.07) is 1.77. The van der Waals surface area contributed by atoms with E-state index in [1.165, 1.54) is 0 Å². The lowest BCUT2D eigenvalue weighted by atomic mass is 10.2. The van der Waals surface area contributed by atoms with Crippen molar-refractivity contribution < 1.29 is 4.42 Å². The minimum atomic E-state index is -0.178. The molecular weight excluding hydrogens is 174 g/mol. The Hall–Kier alpha value is -0.730. The molecule has 68 valence electrons. The molecule has 0 radical (unpaired) electrons. The van der Waals surface area contributed by atoms with Gasteiger partial charge in [0.15, 0.2) is 0 Å². The highest BCUT2D eigenvalue weighted by Gasteiger charge is 2.07. The maximum absolute atomic E-state index is 5.66. The van der Waals surface area contributed by atoms with Gasteiger partial charge < -0.3 is 10.2 Å². The summed E-state index contributed by atoms with van der Waals surface area (Å²) in [6.07, 6.45) is 1.66. The molecule has 1 rings (SSSR count). The van der Waals surface area contributed by atoms with E-state index in [4.69, 9.17) is 10.2 Å². The second-order valence-corrected chi connectivity index (χ2v) is 2.65. The lowest BCUT2D eigenvalue weighted by Crippen LogP contribution is -2.04. The highest BCUT2D eigenvalue weighted by Crippen LogP contribution is 2.18. The standard InChI is InChI=1S/C9H13NO.ClH/c1-4-8(10)9-5-6(2)7(3)11-9;/h4-5,8H,1,10H2,2-3H3;1H/t8-;/m0./s1. The van der Waals surface area contributed by atoms with E-state index in [0.29, 0.717) is 0 Å². The fourth-order valence-electron chi connectivity index (χ4n) is 0.882. The molecule has 1 atom stereocenters. The van der Waals surface area contributed by atoms with Gasteiger partial charge in [-0.1, -0.05) is 6.08 Å². The van der Waals surface area contributed by atoms with Crippen LogP contribution >= 0.6 is 12.4 Å². The van der Waals surface area contributed by atoms with Crippen LogP contribution < -0.4 is 5.73 Å². The van der Waals surface area contributed by atoms with Crippen LogP contribution in [0.4, 0.5) is 0 Å². The van der Waals surface area contributed by atoms with Crippen molar-refractivity contribution in [2.24, 2.45) is 5.73 Å². The summed E-state index contributed by atoms with van der Waals surface area (Å²) in [5.41, 5.74) is 6.80. The largest absolute Gasteiger partial charge is 0.464 e. The van der Waals surface area contributed by atoms with Gasteiger partial charge in [-0.15, -0.1) is 19.0 Å². The number of halogens is 1. The summed E-state index contributed by atoms with van der Waals surface area (Å²) in [4.78, 5) is 0. The molecule has 0 aromatic carbocycles. The molecule has 0 bridgehead atoms. The Morgan fingerprint density at radius 3 is 2.50 bits per heavy atom. The van der Waals surface area contributed by atoms with E-state index in [1.54, 1.807) is 6.08 Å². The highest BCUT2D eigenvalue weighted by molar-refractivity contribution is 5.85. The molecule has 1 heterocycles. The highest BCUT2D eigenvalue weighted by atomic mass is 35.5. The van der Waals surface area contributed by atoms with Crippen LogP contribution in [-0.2, 0) is 0 Å². The van der Waals surface area contributed by atoms with E-state index in [0.717, 1.165) is 17.1 Å². The van der Waals surface area contributed by atoms with Gasteiger partial charge in [-0.3, -0.25) is 0 Å². The van der Waals surface area contributed by atoms with Gasteiger partial charge in [-0.25, -0.2) is 0 Å². The molecule has 2 N–H and O–H groups in total. The second kappa shape index (κ2) is 4.33. The van der Waals surface area contributed by atoms with E-state index >= 15 is 0 Å². The first-order valence-corrected chi connectivity index (χ1v) is 3.60. The molecule has 0 aliphatic rings. The smallest absolute Gasteiger partial charge is 0.125 e. The van der Waals surface area contributed by atoms with E-state index in [9.17, 15) is 0 Å². The average molecular weight is 188 g/mol. The quantitative estimate of drug-likeness (QED) is 0.723. The first kappa shape index (κ1) is 11.3. The SMILES string of the molecule is C=C[C@H](N)c1cc(C)c(C)o1.Cl. The lowest BCUT2D eigenvalue weighted by Gasteiger charge is -1.98. The van der Waals surface area contributed by atoms with Gasteiger partial charge in [0.1, 0.15) is 11.5 Å². The molecule has 0 saturated heterocycles. The molecule has 2 nitrogen and oxygen atoms in total. The zero-order valence-corrected chi connectivity index (χ0v) is 8.15. The molecule has 1 aromatic heterocycles. The Balaban J connectivity index is 0.00000121. The maximum Gasteiger partial charge on any atom is 0.125 e. The summed E-state index contributed by atoms with van der Waals surface area (Å²) in [7, 11) is 0. The van der Waals surface area contributed by atoms with Crippen molar-refractivity contribution in [1.29, 1.82) is 0 Å². The van der Waals surface area contributed by atoms with Gasteiger partial charge in [0, 0.05) is 0 Å². The zero-order chi connectivity index (χ0) is 8.43. The predicted molar refractivity (Wildman–Crippen MR) is 52.6 cm³/mol. The molecule has 12 heavy (non-hydrogen) atoms. The van der Waals surface area contributed by atoms with Gasteiger partial charge >= 0.3 is 0 Å². The van der Waals surface area contributed by atoms with Crippen LogP contribution in [0.5, 0.6) is 0 Å². The number of hydrogen-bond donors (Lipinski definition) is 1. The molecule has 0 aliphatic carbocycles. The monoisotopic (exact) mass is 187 g/mol. The molecule has 0 fully saturated rings. The number of rotatable bonds is 2. The van der Waals surface area contributed by atoms with E-state index in [1.807, 2.05) is 19.9 Å². The Kier molecular flexibility index (Phi) is 4.07. The second-order valence-electron chi connectivity index (χ2n) is 2.65. The molecular formula is C9H14ClNO. The van der Waals surface area contributed by atoms with Gasteiger partial charge in [0.05, 0.1) is 6.04 Å². The van der Waals surface area contributed by atoms with Crippen LogP contribution in [0.3, 0.4) is 0 Å². The van der Waals surface area contributed by atoms with Crippen molar-refractivity contribution in [2.75, 3.05) is 0 Å². The Labute approximate surface area is 78.9 Å². The van der Waals surface area contributed by atoms with Gasteiger partial charge in [-0.2, -0.15) is 0 Å². The summed E-state index contributed by atoms with van der Waals surface area (Å²) in [5.74, 6) is 1.72. The molecule has 1 aromatic rings. The third-order valence-corrected chi connectivity index (χ3v) is 1.77. The van der Waals surface area contributed by atoms with Crippen molar-refractivity contribution >= 4 is 12.4 Å². The normalized spacial score (nSPS) is 11.9. The first-order chi connectivity index (χ1) is 5.15. The fraction of sp³-hybridized carbons (Fsp3) is 0.333. The predicted octanol–water partition coefficient (Wildman–Crippen LogP) is 2.50. The molecule has 0 unspecified atom stereocenters. The minimum Gasteiger partial charge on any atom is -0.464 e. The van der Waals surface area contributed by atoms with E-state index < -0.39 is 0 Å². The summed E-state index contributed by atoms with van der Waals surface area (Å²) in [6.45, 7) is 7.51. The Bertz CT molecular complexity index is 248. The van der Waals surface area contributed by atoms with Crippen molar-refractivity contribution in [2.45, 2.75) is 19.9 Å². The number of furan rings is 1. The van der Waals surface area contributed by atoms with Gasteiger partial charge in [0.25, 0.3) is 0 Å². The summed E-state index contributed by atoms with van der Waals surface area (Å²) >= 11 is 0. The van der Waals surface area contributed by atoms with Crippen molar-refractivity contribution in [3.05, 3.63) is 35.8 Å². The molecule has 0 saturated carbocycles. The van der Waals surface area contributed by atoms with Crippen LogP contribution in [0.15, 0.2) is 23.1 Å². The van der Waals surface area contributed by atoms with Crippen molar-refractivity contribution in [3.8, 4) is 0 Å². The molecule has 3 heteroatoms. The van der Waals surface area contributed by atoms with Crippen LogP contribution in [-0.4, -0.2) is 0 Å². The average Bonchev–Trinajstić information content (AvgIpc) is 2.31. The van der Waals surface area contributed by atoms with E-state index in [2.05, 4.69) is 6.58 Å². The molecule has 0 spiro atoms. The van der Waals surface area contributed by atoms with Crippen molar-refractivity contribution in [3.63, 3.8) is 0 Å². The van der Waals surface area contributed by atoms with Gasteiger partial charge in [0.2, 0.25) is 0 Å². The molecule has 0 amide bonds. The Morgan fingerprint density at radius 2 is 2.17 bits per heavy atom. The maximum atomic E-state index is 5.66.